The molecule has 1 saturated heterocycles. The number of rotatable bonds is 7. The maximum atomic E-state index is 13.6. The highest BCUT2D eigenvalue weighted by molar-refractivity contribution is 7.90. The first kappa shape index (κ1) is 33.7. The summed E-state index contributed by atoms with van der Waals surface area (Å²) in [6, 6.07) is 18.2. The van der Waals surface area contributed by atoms with Crippen LogP contribution in [0.3, 0.4) is 0 Å². The van der Waals surface area contributed by atoms with Crippen LogP contribution < -0.4 is 19.1 Å². The van der Waals surface area contributed by atoms with E-state index in [1.807, 2.05) is 40.9 Å². The van der Waals surface area contributed by atoms with E-state index in [4.69, 9.17) is 14.6 Å². The minimum Gasteiger partial charge on any atom is -0.490 e. The van der Waals surface area contributed by atoms with E-state index in [1.54, 1.807) is 36.4 Å². The van der Waals surface area contributed by atoms with E-state index in [0.29, 0.717) is 35.8 Å². The molecule has 0 bridgehead atoms. The number of hydrogen-bond donors (Lipinski definition) is 4. The summed E-state index contributed by atoms with van der Waals surface area (Å²) in [6.45, 7) is 1.17. The maximum Gasteiger partial charge on any atom is 0.490 e. The topological polar surface area (TPSA) is 188 Å². The van der Waals surface area contributed by atoms with Crippen LogP contribution in [-0.4, -0.2) is 70.2 Å². The number of anilines is 1. The van der Waals surface area contributed by atoms with E-state index in [1.165, 1.54) is 6.07 Å². The van der Waals surface area contributed by atoms with Gasteiger partial charge in [0.2, 0.25) is 26.0 Å². The zero-order valence-corrected chi connectivity index (χ0v) is 26.1. The summed E-state index contributed by atoms with van der Waals surface area (Å²) < 4.78 is 94.0. The molecule has 1 amide bonds. The fourth-order valence-corrected chi connectivity index (χ4v) is 7.69. The van der Waals surface area contributed by atoms with Gasteiger partial charge in [0.1, 0.15) is 23.4 Å². The molecule has 6 rings (SSSR count). The number of nitrogens with one attached hydrogen (secondary N) is 3. The third-order valence-corrected chi connectivity index (χ3v) is 10.6. The van der Waals surface area contributed by atoms with Crippen LogP contribution in [0.25, 0.3) is 11.0 Å². The molecule has 4 aromatic rings. The van der Waals surface area contributed by atoms with E-state index in [2.05, 4.69) is 14.7 Å². The quantitative estimate of drug-likeness (QED) is 0.224. The second-order valence-corrected chi connectivity index (χ2v) is 14.3. The van der Waals surface area contributed by atoms with Gasteiger partial charge in [0.15, 0.2) is 0 Å². The number of likely N-dealkylation sites (N-methyl/N-ethyl adjacent to an activating group) is 1. The molecule has 0 radical (unpaired) electrons. The SMILES string of the molecule is CN1CCOc2cc(S(=O)(=O)NC(Cc3ccc([C@@H]4CC(=O)NS4(=O)=O)cc3)c3nc4ccccc4[nH]3)ccc21.O=C(O)C(F)(F)F. The second kappa shape index (κ2) is 12.8. The predicted molar refractivity (Wildman–Crippen MR) is 163 cm³/mol. The molecule has 2 aliphatic heterocycles. The Morgan fingerprint density at radius 3 is 2.45 bits per heavy atom. The Bertz CT molecular complexity index is 2000. The number of sulfonamides is 2. The Morgan fingerprint density at radius 1 is 1.15 bits per heavy atom. The summed E-state index contributed by atoms with van der Waals surface area (Å²) in [5, 5.41) is 6.17. The monoisotopic (exact) mass is 695 g/mol. The van der Waals surface area contributed by atoms with Crippen molar-refractivity contribution in [3.8, 4) is 5.75 Å². The van der Waals surface area contributed by atoms with Crippen LogP contribution in [0.2, 0.25) is 0 Å². The second-order valence-electron chi connectivity index (χ2n) is 10.7. The van der Waals surface area contributed by atoms with Gasteiger partial charge >= 0.3 is 12.1 Å². The third-order valence-electron chi connectivity index (χ3n) is 7.41. The Morgan fingerprint density at radius 2 is 1.83 bits per heavy atom. The number of halogens is 3. The highest BCUT2D eigenvalue weighted by Gasteiger charge is 2.39. The number of imidazole rings is 1. The van der Waals surface area contributed by atoms with Crippen molar-refractivity contribution in [1.29, 1.82) is 0 Å². The molecule has 0 saturated carbocycles. The van der Waals surface area contributed by atoms with E-state index < -0.39 is 49.4 Å². The first-order valence-corrected chi connectivity index (χ1v) is 16.9. The first-order valence-electron chi connectivity index (χ1n) is 13.9. The number of carbonyl (C=O) groups excluding carboxylic acids is 1. The summed E-state index contributed by atoms with van der Waals surface area (Å²) in [5.74, 6) is -2.35. The molecule has 1 unspecified atom stereocenters. The standard InChI is InChI=1S/C27H27N5O6S2.C2HF3O2/c1-32-12-13-38-24-15-19(10-11-23(24)32)39(34,35)30-22(27-28-20-4-2-3-5-21(20)29-27)14-17-6-8-18(9-7-17)25-16-26(33)31-40(25,36)37;3-2(4,5)1(6)7/h2-11,15,22,25,30H,12-14,16H2,1H3,(H,28,29)(H,31,33);(H,6,7)/t22?,25-;/m0./s1. The number of aromatic nitrogens is 2. The number of carboxylic acids is 1. The number of aromatic amines is 1. The number of benzene rings is 3. The van der Waals surface area contributed by atoms with Crippen LogP contribution in [0.4, 0.5) is 18.9 Å². The van der Waals surface area contributed by atoms with Crippen molar-refractivity contribution in [3.05, 3.63) is 83.7 Å². The largest absolute Gasteiger partial charge is 0.490 e. The third kappa shape index (κ3) is 7.66. The highest BCUT2D eigenvalue weighted by atomic mass is 32.2. The predicted octanol–water partition coefficient (Wildman–Crippen LogP) is 3.18. The maximum absolute atomic E-state index is 13.6. The zero-order valence-electron chi connectivity index (χ0n) is 24.5. The van der Waals surface area contributed by atoms with Crippen LogP contribution in [0.15, 0.2) is 71.6 Å². The van der Waals surface area contributed by atoms with Crippen molar-refractivity contribution < 1.29 is 49.4 Å². The number of para-hydroxylation sites is 2. The number of H-pyrrole nitrogens is 1. The number of ether oxygens (including phenoxy) is 1. The number of carbonyl (C=O) groups is 2. The van der Waals surface area contributed by atoms with Crippen molar-refractivity contribution in [2.24, 2.45) is 0 Å². The number of aliphatic carboxylic acids is 1. The lowest BCUT2D eigenvalue weighted by atomic mass is 10.0. The number of fused-ring (bicyclic) bond motifs is 2. The first-order chi connectivity index (χ1) is 22.0. The molecule has 4 N–H and O–H groups in total. The number of amides is 1. The van der Waals surface area contributed by atoms with Gasteiger partial charge in [-0.05, 0) is 41.8 Å². The van der Waals surface area contributed by atoms with Gasteiger partial charge in [-0.2, -0.15) is 13.2 Å². The fourth-order valence-electron chi connectivity index (χ4n) is 5.04. The Kier molecular flexibility index (Phi) is 9.20. The number of nitrogens with zero attached hydrogens (tertiary/aromatic N) is 2. The molecule has 13 nitrogen and oxygen atoms in total. The van der Waals surface area contributed by atoms with Gasteiger partial charge in [0.05, 0.1) is 40.6 Å². The van der Waals surface area contributed by atoms with Crippen LogP contribution in [0, 0.1) is 0 Å². The lowest BCUT2D eigenvalue weighted by Gasteiger charge is -2.28. The van der Waals surface area contributed by atoms with Crippen LogP contribution >= 0.6 is 0 Å². The molecule has 2 atom stereocenters. The lowest BCUT2D eigenvalue weighted by molar-refractivity contribution is -0.192. The number of alkyl halides is 3. The van der Waals surface area contributed by atoms with Crippen molar-refractivity contribution in [3.63, 3.8) is 0 Å². The molecule has 1 fully saturated rings. The van der Waals surface area contributed by atoms with Crippen LogP contribution in [0.5, 0.6) is 5.75 Å². The highest BCUT2D eigenvalue weighted by Crippen LogP contribution is 2.34. The Hall–Kier alpha value is -4.68. The summed E-state index contributed by atoms with van der Waals surface area (Å²) in [5.41, 5.74) is 3.53. The number of hydrogen-bond acceptors (Lipinski definition) is 9. The molecule has 0 spiro atoms. The minimum atomic E-state index is -5.08. The molecule has 18 heteroatoms. The molecule has 2 aliphatic rings. The van der Waals surface area contributed by atoms with Crippen molar-refractivity contribution in [2.45, 2.75) is 35.2 Å². The van der Waals surface area contributed by atoms with Crippen molar-refractivity contribution in [1.82, 2.24) is 19.4 Å². The molecule has 250 valence electrons. The van der Waals surface area contributed by atoms with Gasteiger partial charge in [0, 0.05) is 13.1 Å². The smallest absolute Gasteiger partial charge is 0.490 e. The molecule has 47 heavy (non-hydrogen) atoms. The molecule has 3 aromatic carbocycles. The van der Waals surface area contributed by atoms with Gasteiger partial charge in [-0.25, -0.2) is 31.3 Å². The lowest BCUT2D eigenvalue weighted by Crippen LogP contribution is -2.32. The molecule has 0 aliphatic carbocycles. The molecule has 1 aromatic heterocycles. The van der Waals surface area contributed by atoms with Gasteiger partial charge in [-0.3, -0.25) is 9.52 Å². The fraction of sp³-hybridized carbons (Fsp3) is 0.276. The van der Waals surface area contributed by atoms with Crippen LogP contribution in [0.1, 0.15) is 34.7 Å². The zero-order chi connectivity index (χ0) is 34.1. The number of carboxylic acid groups (broad SMARTS) is 1. The summed E-state index contributed by atoms with van der Waals surface area (Å²) >= 11 is 0. The normalized spacial score (nSPS) is 18.0. The summed E-state index contributed by atoms with van der Waals surface area (Å²) in [4.78, 5) is 30.5. The molecular weight excluding hydrogens is 667 g/mol. The van der Waals surface area contributed by atoms with Gasteiger partial charge < -0.3 is 19.7 Å². The minimum absolute atomic E-state index is 0.0709. The average molecular weight is 696 g/mol. The van der Waals surface area contributed by atoms with Gasteiger partial charge in [-0.1, -0.05) is 36.4 Å². The Labute approximate surface area is 266 Å². The summed E-state index contributed by atoms with van der Waals surface area (Å²) in [7, 11) is -5.84. The van der Waals surface area contributed by atoms with Gasteiger partial charge in [0.25, 0.3) is 0 Å². The summed E-state index contributed by atoms with van der Waals surface area (Å²) in [6.07, 6.45) is -4.98. The van der Waals surface area contributed by atoms with E-state index in [0.717, 1.165) is 16.8 Å². The van der Waals surface area contributed by atoms with Gasteiger partial charge in [-0.15, -0.1) is 0 Å². The average Bonchev–Trinajstić information content (AvgIpc) is 3.56. The van der Waals surface area contributed by atoms with Crippen molar-refractivity contribution in [2.75, 3.05) is 25.1 Å². The van der Waals surface area contributed by atoms with Crippen molar-refractivity contribution >= 4 is 48.6 Å². The van der Waals surface area contributed by atoms with E-state index >= 15 is 0 Å². The van der Waals surface area contributed by atoms with Crippen LogP contribution in [-0.2, 0) is 36.1 Å². The molecular formula is C29H28F3N5O8S2. The Balaban J connectivity index is 0.000000559. The molecule has 3 heterocycles. The van der Waals surface area contributed by atoms with E-state index in [-0.39, 0.29) is 17.7 Å². The van der Waals surface area contributed by atoms with E-state index in [9.17, 15) is 34.8 Å².